The number of H-pyrrole nitrogens is 1. The number of para-hydroxylation sites is 1. The first-order valence-corrected chi connectivity index (χ1v) is 6.39. The van der Waals surface area contributed by atoms with Gasteiger partial charge in [-0.15, -0.1) is 0 Å². The van der Waals surface area contributed by atoms with Crippen molar-refractivity contribution in [1.29, 1.82) is 0 Å². The number of carbonyl (C=O) groups excluding carboxylic acids is 1. The smallest absolute Gasteiger partial charge is 0.335 e. The van der Waals surface area contributed by atoms with Gasteiger partial charge < -0.3 is 10.1 Å². The van der Waals surface area contributed by atoms with Gasteiger partial charge in [-0.3, -0.25) is 4.79 Å². The molecule has 0 amide bonds. The van der Waals surface area contributed by atoms with Gasteiger partial charge >= 0.3 is 5.97 Å². The Morgan fingerprint density at radius 2 is 1.90 bits per heavy atom. The Balaban J connectivity index is 2.22. The third kappa shape index (κ3) is 2.29. The zero-order chi connectivity index (χ0) is 15.0. The predicted molar refractivity (Wildman–Crippen MR) is 78.5 cm³/mol. The number of aromatic amines is 1. The number of carboxylic acid groups (broad SMARTS) is 1. The van der Waals surface area contributed by atoms with Crippen LogP contribution in [0.3, 0.4) is 0 Å². The standard InChI is InChI=1S/C16H12N2O3/c1-9(19)15-17-13-7-3-6-12(14(13)18-15)10-4-2-5-11(8-10)16(20)21/h2-8H,1H3,(H,17,18)(H,20,21). The monoisotopic (exact) mass is 280 g/mol. The average molecular weight is 280 g/mol. The summed E-state index contributed by atoms with van der Waals surface area (Å²) in [7, 11) is 0. The predicted octanol–water partition coefficient (Wildman–Crippen LogP) is 3.13. The van der Waals surface area contributed by atoms with Crippen LogP contribution in [0.25, 0.3) is 22.2 Å². The van der Waals surface area contributed by atoms with Crippen molar-refractivity contribution in [3.05, 3.63) is 53.9 Å². The van der Waals surface area contributed by atoms with Gasteiger partial charge in [0.1, 0.15) is 0 Å². The Hall–Kier alpha value is -2.95. The van der Waals surface area contributed by atoms with E-state index in [1.54, 1.807) is 12.1 Å². The van der Waals surface area contributed by atoms with E-state index in [9.17, 15) is 9.59 Å². The van der Waals surface area contributed by atoms with Gasteiger partial charge in [-0.2, -0.15) is 0 Å². The van der Waals surface area contributed by atoms with Crippen LogP contribution in [0.15, 0.2) is 42.5 Å². The third-order valence-corrected chi connectivity index (χ3v) is 3.27. The molecule has 104 valence electrons. The number of benzene rings is 2. The number of aromatic carboxylic acids is 1. The summed E-state index contributed by atoms with van der Waals surface area (Å²) in [5.74, 6) is -0.821. The molecule has 0 fully saturated rings. The molecule has 0 radical (unpaired) electrons. The molecule has 2 N–H and O–H groups in total. The van der Waals surface area contributed by atoms with Crippen LogP contribution in [-0.4, -0.2) is 26.8 Å². The summed E-state index contributed by atoms with van der Waals surface area (Å²) in [5, 5.41) is 9.08. The number of imidazole rings is 1. The van der Waals surface area contributed by atoms with Gasteiger partial charge in [0.15, 0.2) is 11.6 Å². The Morgan fingerprint density at radius 1 is 1.14 bits per heavy atom. The van der Waals surface area contributed by atoms with Gasteiger partial charge in [-0.1, -0.05) is 24.3 Å². The van der Waals surface area contributed by atoms with Crippen molar-refractivity contribution in [1.82, 2.24) is 9.97 Å². The lowest BCUT2D eigenvalue weighted by molar-refractivity contribution is 0.0696. The maximum atomic E-state index is 11.4. The minimum absolute atomic E-state index is 0.142. The second-order valence-electron chi connectivity index (χ2n) is 4.73. The number of Topliss-reactive ketones (excluding diaryl/α,β-unsaturated/α-hetero) is 1. The summed E-state index contributed by atoms with van der Waals surface area (Å²) in [6.45, 7) is 1.45. The molecule has 0 saturated carbocycles. The Bertz CT molecular complexity index is 865. The number of ketones is 1. The number of aromatic nitrogens is 2. The van der Waals surface area contributed by atoms with E-state index >= 15 is 0 Å². The zero-order valence-electron chi connectivity index (χ0n) is 11.3. The molecule has 0 spiro atoms. The molecular formula is C16H12N2O3. The average Bonchev–Trinajstić information content (AvgIpc) is 2.91. The van der Waals surface area contributed by atoms with Crippen molar-refractivity contribution in [2.75, 3.05) is 0 Å². The summed E-state index contributed by atoms with van der Waals surface area (Å²) in [4.78, 5) is 29.8. The lowest BCUT2D eigenvalue weighted by Crippen LogP contribution is -1.96. The summed E-state index contributed by atoms with van der Waals surface area (Å²) >= 11 is 0. The Labute approximate surface area is 120 Å². The van der Waals surface area contributed by atoms with Crippen molar-refractivity contribution in [3.63, 3.8) is 0 Å². The van der Waals surface area contributed by atoms with Crippen molar-refractivity contribution < 1.29 is 14.7 Å². The highest BCUT2D eigenvalue weighted by Crippen LogP contribution is 2.28. The minimum Gasteiger partial charge on any atom is -0.478 e. The van der Waals surface area contributed by atoms with Crippen LogP contribution in [0.2, 0.25) is 0 Å². The molecule has 0 saturated heterocycles. The molecule has 0 aliphatic heterocycles. The fourth-order valence-corrected chi connectivity index (χ4v) is 2.25. The van der Waals surface area contributed by atoms with Gasteiger partial charge in [0.2, 0.25) is 0 Å². The van der Waals surface area contributed by atoms with Crippen LogP contribution in [0.1, 0.15) is 27.9 Å². The highest BCUT2D eigenvalue weighted by atomic mass is 16.4. The van der Waals surface area contributed by atoms with Crippen LogP contribution in [0.4, 0.5) is 0 Å². The van der Waals surface area contributed by atoms with Crippen molar-refractivity contribution in [2.24, 2.45) is 0 Å². The van der Waals surface area contributed by atoms with E-state index in [4.69, 9.17) is 5.11 Å². The quantitative estimate of drug-likeness (QED) is 0.722. The van der Waals surface area contributed by atoms with Crippen molar-refractivity contribution in [2.45, 2.75) is 6.92 Å². The molecule has 0 atom stereocenters. The summed E-state index contributed by atoms with van der Waals surface area (Å²) in [5.41, 5.74) is 3.16. The number of hydrogen-bond acceptors (Lipinski definition) is 3. The Kier molecular flexibility index (Phi) is 3.02. The number of hydrogen-bond donors (Lipinski definition) is 2. The number of nitrogens with zero attached hydrogens (tertiary/aromatic N) is 1. The topological polar surface area (TPSA) is 83.1 Å². The molecule has 0 unspecified atom stereocenters. The number of carboxylic acids is 1. The van der Waals surface area contributed by atoms with Gasteiger partial charge in [-0.25, -0.2) is 9.78 Å². The van der Waals surface area contributed by atoms with E-state index < -0.39 is 5.97 Å². The number of fused-ring (bicyclic) bond motifs is 1. The van der Waals surface area contributed by atoms with E-state index in [2.05, 4.69) is 9.97 Å². The van der Waals surface area contributed by atoms with Gasteiger partial charge in [0.25, 0.3) is 0 Å². The molecule has 1 aromatic heterocycles. The molecule has 0 bridgehead atoms. The molecule has 0 aliphatic carbocycles. The molecule has 21 heavy (non-hydrogen) atoms. The van der Waals surface area contributed by atoms with E-state index in [-0.39, 0.29) is 11.3 Å². The first-order valence-electron chi connectivity index (χ1n) is 6.39. The molecule has 5 heteroatoms. The molecule has 2 aromatic carbocycles. The second kappa shape index (κ2) is 4.86. The fourth-order valence-electron chi connectivity index (χ4n) is 2.25. The van der Waals surface area contributed by atoms with Crippen LogP contribution in [-0.2, 0) is 0 Å². The van der Waals surface area contributed by atoms with E-state index in [1.165, 1.54) is 13.0 Å². The molecule has 0 aliphatic rings. The highest BCUT2D eigenvalue weighted by molar-refractivity contribution is 5.99. The summed E-state index contributed by atoms with van der Waals surface area (Å²) in [6.07, 6.45) is 0. The maximum absolute atomic E-state index is 11.4. The molecule has 3 rings (SSSR count). The van der Waals surface area contributed by atoms with Crippen molar-refractivity contribution >= 4 is 22.8 Å². The van der Waals surface area contributed by atoms with Gasteiger partial charge in [0, 0.05) is 12.5 Å². The Morgan fingerprint density at radius 3 is 2.62 bits per heavy atom. The van der Waals surface area contributed by atoms with E-state index in [0.717, 1.165) is 16.6 Å². The first kappa shape index (κ1) is 13.1. The largest absolute Gasteiger partial charge is 0.478 e. The minimum atomic E-state index is -0.976. The fraction of sp³-hybridized carbons (Fsp3) is 0.0625. The van der Waals surface area contributed by atoms with Crippen LogP contribution >= 0.6 is 0 Å². The second-order valence-corrected chi connectivity index (χ2v) is 4.73. The molecule has 3 aromatic rings. The summed E-state index contributed by atoms with van der Waals surface area (Å²) < 4.78 is 0. The van der Waals surface area contributed by atoms with Crippen molar-refractivity contribution in [3.8, 4) is 11.1 Å². The third-order valence-electron chi connectivity index (χ3n) is 3.27. The van der Waals surface area contributed by atoms with E-state index in [0.29, 0.717) is 11.3 Å². The lowest BCUT2D eigenvalue weighted by atomic mass is 10.0. The van der Waals surface area contributed by atoms with Gasteiger partial charge in [-0.05, 0) is 23.8 Å². The normalized spacial score (nSPS) is 10.7. The van der Waals surface area contributed by atoms with E-state index in [1.807, 2.05) is 24.3 Å². The lowest BCUT2D eigenvalue weighted by Gasteiger charge is -2.04. The first-order chi connectivity index (χ1) is 10.1. The van der Waals surface area contributed by atoms with Gasteiger partial charge in [0.05, 0.1) is 16.6 Å². The number of nitrogens with one attached hydrogen (secondary N) is 1. The number of carbonyl (C=O) groups is 2. The maximum Gasteiger partial charge on any atom is 0.335 e. The zero-order valence-corrected chi connectivity index (χ0v) is 11.3. The molecule has 5 nitrogen and oxygen atoms in total. The molecular weight excluding hydrogens is 268 g/mol. The number of rotatable bonds is 3. The highest BCUT2D eigenvalue weighted by Gasteiger charge is 2.12. The van der Waals surface area contributed by atoms with Crippen LogP contribution in [0, 0.1) is 0 Å². The molecule has 1 heterocycles. The van der Waals surface area contributed by atoms with Crippen LogP contribution < -0.4 is 0 Å². The van der Waals surface area contributed by atoms with Crippen LogP contribution in [0.5, 0.6) is 0 Å². The summed E-state index contributed by atoms with van der Waals surface area (Å²) in [6, 6.07) is 12.2. The SMILES string of the molecule is CC(=O)c1nc2c(-c3cccc(C(=O)O)c3)cccc2[nH]1.